The number of alkyl halides is 1. The van der Waals surface area contributed by atoms with E-state index < -0.39 is 110 Å². The molecule has 0 saturated carbocycles. The van der Waals surface area contributed by atoms with Crippen LogP contribution < -0.4 is 0 Å². The van der Waals surface area contributed by atoms with Crippen LogP contribution >= 0.6 is 22.6 Å². The fourth-order valence-electron chi connectivity index (χ4n) is 3.98. The van der Waals surface area contributed by atoms with E-state index in [1.165, 1.54) is 0 Å². The van der Waals surface area contributed by atoms with Crippen LogP contribution in [0.15, 0.2) is 0 Å². The molecule has 0 aromatic rings. The Kier molecular flexibility index (Phi) is 9.85. The highest BCUT2D eigenvalue weighted by molar-refractivity contribution is 14.1. The lowest BCUT2D eigenvalue weighted by molar-refractivity contribution is -0.387. The summed E-state index contributed by atoms with van der Waals surface area (Å²) in [5.41, 5.74) is 0. The van der Waals surface area contributed by atoms with Crippen LogP contribution in [0.3, 0.4) is 0 Å². The maximum Gasteiger partial charge on any atom is 0.222 e. The molecule has 3 heterocycles. The lowest BCUT2D eigenvalue weighted by atomic mass is 9.98. The third kappa shape index (κ3) is 5.37. The van der Waals surface area contributed by atoms with Crippen LogP contribution in [0.2, 0.25) is 0 Å². The van der Waals surface area contributed by atoms with E-state index in [0.29, 0.717) is 0 Å². The van der Waals surface area contributed by atoms with Crippen molar-refractivity contribution in [2.45, 2.75) is 83.3 Å². The van der Waals surface area contributed by atoms with Crippen molar-refractivity contribution in [1.29, 1.82) is 0 Å². The second-order valence-electron chi connectivity index (χ2n) is 8.36. The summed E-state index contributed by atoms with van der Waals surface area (Å²) < 4.78 is 26.3. The Hall–Kier alpha value is 0.130. The second kappa shape index (κ2) is 11.7. The van der Waals surface area contributed by atoms with Gasteiger partial charge in [-0.1, -0.05) is 22.6 Å². The van der Waals surface area contributed by atoms with Crippen molar-refractivity contribution in [3.63, 3.8) is 0 Å². The molecule has 3 saturated heterocycles. The monoisotopic (exact) mass is 614 g/mol. The van der Waals surface area contributed by atoms with E-state index in [1.54, 1.807) is 22.6 Å². The molecule has 3 aliphatic heterocycles. The predicted octanol–water partition coefficient (Wildman–Crippen LogP) is -6.13. The van der Waals surface area contributed by atoms with Gasteiger partial charge in [-0.2, -0.15) is 0 Å². The Morgan fingerprint density at radius 2 is 1.21 bits per heavy atom. The molecule has 34 heavy (non-hydrogen) atoms. The van der Waals surface area contributed by atoms with E-state index in [1.807, 2.05) is 0 Å². The van der Waals surface area contributed by atoms with Crippen LogP contribution in [0.5, 0.6) is 0 Å². The van der Waals surface area contributed by atoms with Crippen molar-refractivity contribution < 1.29 is 74.7 Å². The van der Waals surface area contributed by atoms with Crippen LogP contribution in [0.25, 0.3) is 0 Å². The van der Waals surface area contributed by atoms with Gasteiger partial charge in [-0.05, 0) is 0 Å². The Morgan fingerprint density at radius 1 is 0.676 bits per heavy atom. The quantitative estimate of drug-likeness (QED) is 0.0903. The minimum atomic E-state index is -2.12. The average molecular weight is 614 g/mol. The summed E-state index contributed by atoms with van der Waals surface area (Å²) in [5, 5.41) is 99.7. The molecule has 200 valence electrons. The number of aliphatic hydroxyl groups excluding tert-OH is 10. The summed E-state index contributed by atoms with van der Waals surface area (Å²) in [4.78, 5) is 0. The molecule has 0 radical (unpaired) electrons. The molecule has 6 unspecified atom stereocenters. The maximum atomic E-state index is 10.5. The highest BCUT2D eigenvalue weighted by Gasteiger charge is 2.58. The lowest BCUT2D eigenvalue weighted by Gasteiger charge is -2.44. The van der Waals surface area contributed by atoms with Gasteiger partial charge in [0.05, 0.1) is 29.8 Å². The molecule has 16 heteroatoms. The van der Waals surface area contributed by atoms with Gasteiger partial charge < -0.3 is 74.7 Å². The summed E-state index contributed by atoms with van der Waals surface area (Å²) in [5.74, 6) is -2.12. The number of hydrogen-bond acceptors (Lipinski definition) is 15. The summed E-state index contributed by atoms with van der Waals surface area (Å²) in [7, 11) is 0. The Labute approximate surface area is 207 Å². The first-order valence-corrected chi connectivity index (χ1v) is 11.8. The van der Waals surface area contributed by atoms with Crippen LogP contribution in [0, 0.1) is 0 Å². The fraction of sp³-hybridized carbons (Fsp3) is 1.00. The summed E-state index contributed by atoms with van der Waals surface area (Å²) >= 11 is 1.79. The zero-order valence-electron chi connectivity index (χ0n) is 17.7. The largest absolute Gasteiger partial charge is 0.394 e. The second-order valence-corrected chi connectivity index (χ2v) is 9.80. The molecule has 3 fully saturated rings. The minimum absolute atomic E-state index is 0.499. The van der Waals surface area contributed by atoms with Crippen LogP contribution in [-0.4, -0.2) is 161 Å². The van der Waals surface area contributed by atoms with Crippen molar-refractivity contribution in [2.75, 3.05) is 26.4 Å². The number of aliphatic hydroxyl groups is 10. The molecule has 10 N–H and O–H groups in total. The van der Waals surface area contributed by atoms with E-state index in [9.17, 15) is 51.1 Å². The SMILES string of the molecule is OCC1O[C@H](OCC2O[C@H](O[C@@]3(CO)O[C@H](CO)C(I)C3O)C(O)[C@@H](O)[C@@H]2O)C(O)[C@@H](O)[C@H]1O. The van der Waals surface area contributed by atoms with Crippen molar-refractivity contribution >= 4 is 22.6 Å². The maximum absolute atomic E-state index is 10.5. The van der Waals surface area contributed by atoms with Crippen LogP contribution in [0.4, 0.5) is 0 Å². The van der Waals surface area contributed by atoms with E-state index >= 15 is 0 Å². The summed E-state index contributed by atoms with van der Waals surface area (Å²) in [6.07, 6.45) is -18.8. The molecule has 0 bridgehead atoms. The van der Waals surface area contributed by atoms with Gasteiger partial charge in [-0.25, -0.2) is 0 Å². The van der Waals surface area contributed by atoms with Crippen molar-refractivity contribution in [3.05, 3.63) is 0 Å². The fourth-order valence-corrected chi connectivity index (χ4v) is 4.91. The smallest absolute Gasteiger partial charge is 0.222 e. The van der Waals surface area contributed by atoms with Gasteiger partial charge in [0.25, 0.3) is 0 Å². The van der Waals surface area contributed by atoms with Gasteiger partial charge in [0.2, 0.25) is 5.79 Å². The highest BCUT2D eigenvalue weighted by Crippen LogP contribution is 2.39. The van der Waals surface area contributed by atoms with E-state index in [2.05, 4.69) is 0 Å². The molecule has 0 aromatic heterocycles. The molecular formula is C18H31IO15. The van der Waals surface area contributed by atoms with Crippen molar-refractivity contribution in [2.24, 2.45) is 0 Å². The number of ether oxygens (including phenoxy) is 5. The van der Waals surface area contributed by atoms with E-state index in [-0.39, 0.29) is 0 Å². The first kappa shape index (κ1) is 28.7. The number of hydrogen-bond donors (Lipinski definition) is 10. The lowest BCUT2D eigenvalue weighted by Crippen LogP contribution is -2.63. The third-order valence-electron chi connectivity index (χ3n) is 6.12. The molecule has 3 aliphatic rings. The van der Waals surface area contributed by atoms with Crippen LogP contribution in [-0.2, 0) is 23.7 Å². The van der Waals surface area contributed by atoms with Gasteiger partial charge in [0, 0.05) is 0 Å². The zero-order valence-corrected chi connectivity index (χ0v) is 19.9. The molecule has 0 amide bonds. The Bertz CT molecular complexity index is 659. The average Bonchev–Trinajstić information content (AvgIpc) is 3.08. The Balaban J connectivity index is 1.69. The molecule has 0 aromatic carbocycles. The number of halogens is 1. The first-order chi connectivity index (χ1) is 16.0. The van der Waals surface area contributed by atoms with Gasteiger partial charge >= 0.3 is 0 Å². The first-order valence-electron chi connectivity index (χ1n) is 10.5. The predicted molar refractivity (Wildman–Crippen MR) is 113 cm³/mol. The van der Waals surface area contributed by atoms with Crippen LogP contribution in [0.1, 0.15) is 0 Å². The highest BCUT2D eigenvalue weighted by atomic mass is 127. The Morgan fingerprint density at radius 3 is 1.74 bits per heavy atom. The van der Waals surface area contributed by atoms with Crippen molar-refractivity contribution in [3.8, 4) is 0 Å². The van der Waals surface area contributed by atoms with Gasteiger partial charge in [0.15, 0.2) is 12.6 Å². The summed E-state index contributed by atoms with van der Waals surface area (Å²) in [6, 6.07) is 0. The third-order valence-corrected chi connectivity index (χ3v) is 7.60. The minimum Gasteiger partial charge on any atom is -0.394 e. The van der Waals surface area contributed by atoms with Gasteiger partial charge in [-0.15, -0.1) is 0 Å². The van der Waals surface area contributed by atoms with E-state index in [4.69, 9.17) is 23.7 Å². The number of rotatable bonds is 8. The summed E-state index contributed by atoms with van der Waals surface area (Å²) in [6.45, 7) is -2.67. The standard InChI is InChI=1S/C18H31IO15/c19-8-5(1-20)33-18(4-22,15(8)29)34-17-14(28)12(26)10(24)7(32-17)3-30-16-13(27)11(25)9(23)6(2-21)31-16/h5-17,20-29H,1-4H2/t5-,6?,7?,8?,9+,10-,11+,12+,13?,14?,15?,16+,17-,18-/m1/s1. The molecule has 15 nitrogen and oxygen atoms in total. The van der Waals surface area contributed by atoms with Gasteiger partial charge in [-0.3, -0.25) is 0 Å². The molecule has 0 spiro atoms. The van der Waals surface area contributed by atoms with Gasteiger partial charge in [0.1, 0.15) is 61.5 Å². The normalized spacial score (nSPS) is 52.1. The zero-order chi connectivity index (χ0) is 25.4. The molecule has 0 aliphatic carbocycles. The molecule has 3 rings (SSSR count). The molecular weight excluding hydrogens is 583 g/mol. The van der Waals surface area contributed by atoms with Crippen molar-refractivity contribution in [1.82, 2.24) is 0 Å². The molecule has 14 atom stereocenters. The van der Waals surface area contributed by atoms with E-state index in [0.717, 1.165) is 0 Å². The topological polar surface area (TPSA) is 248 Å².